The molecule has 2 nitrogen and oxygen atoms in total. The van der Waals surface area contributed by atoms with Crippen LogP contribution in [0.2, 0.25) is 0 Å². The topological polar surface area (TPSA) is 25.8 Å². The third-order valence-corrected chi connectivity index (χ3v) is 4.83. The molecule has 4 aromatic rings. The van der Waals surface area contributed by atoms with E-state index in [2.05, 4.69) is 69.2 Å². The molecule has 0 fully saturated rings. The van der Waals surface area contributed by atoms with Crippen LogP contribution in [0.1, 0.15) is 5.56 Å². The predicted molar refractivity (Wildman–Crippen MR) is 111 cm³/mol. The number of hydrogen-bond donors (Lipinski definition) is 0. The van der Waals surface area contributed by atoms with E-state index in [9.17, 15) is 0 Å². The second-order valence-corrected chi connectivity index (χ2v) is 7.10. The van der Waals surface area contributed by atoms with Crippen LogP contribution < -0.4 is 0 Å². The Morgan fingerprint density at radius 2 is 1.31 bits per heavy atom. The molecule has 0 unspecified atom stereocenters. The standard InChI is InChI=1S/C23H17BrN2/c1-16-8-9-17(22-6-2-4-10-25-22)15-21(16)18-12-19(14-20(24)13-18)23-7-3-5-11-26-23/h2-15H,1H3. The summed E-state index contributed by atoms with van der Waals surface area (Å²) in [6.07, 6.45) is 3.65. The van der Waals surface area contributed by atoms with Gasteiger partial charge in [-0.1, -0.05) is 40.2 Å². The lowest BCUT2D eigenvalue weighted by Gasteiger charge is -2.12. The van der Waals surface area contributed by atoms with Gasteiger partial charge in [-0.2, -0.15) is 0 Å². The van der Waals surface area contributed by atoms with Crippen molar-refractivity contribution in [2.24, 2.45) is 0 Å². The van der Waals surface area contributed by atoms with Crippen LogP contribution in [0.25, 0.3) is 33.6 Å². The molecule has 126 valence electrons. The Labute approximate surface area is 161 Å². The number of aryl methyl sites for hydroxylation is 1. The smallest absolute Gasteiger partial charge is 0.0702 e. The van der Waals surface area contributed by atoms with Crippen molar-refractivity contribution in [3.8, 4) is 33.6 Å². The summed E-state index contributed by atoms with van der Waals surface area (Å²) in [7, 11) is 0. The molecule has 2 aromatic carbocycles. The second kappa shape index (κ2) is 7.22. The maximum absolute atomic E-state index is 4.48. The van der Waals surface area contributed by atoms with Crippen LogP contribution in [-0.2, 0) is 0 Å². The summed E-state index contributed by atoms with van der Waals surface area (Å²) in [5, 5.41) is 0. The molecule has 26 heavy (non-hydrogen) atoms. The number of halogens is 1. The lowest BCUT2D eigenvalue weighted by molar-refractivity contribution is 1.32. The van der Waals surface area contributed by atoms with Gasteiger partial charge in [0, 0.05) is 28.0 Å². The first-order valence-corrected chi connectivity index (χ1v) is 9.24. The van der Waals surface area contributed by atoms with E-state index in [0.717, 1.165) is 32.6 Å². The maximum atomic E-state index is 4.48. The summed E-state index contributed by atoms with van der Waals surface area (Å²) in [5.41, 5.74) is 7.75. The van der Waals surface area contributed by atoms with Crippen LogP contribution in [0.4, 0.5) is 0 Å². The molecule has 0 aliphatic rings. The van der Waals surface area contributed by atoms with E-state index in [1.807, 2.05) is 48.8 Å². The normalized spacial score (nSPS) is 10.7. The quantitative estimate of drug-likeness (QED) is 0.389. The predicted octanol–water partition coefficient (Wildman–Crippen LogP) is 6.55. The molecule has 0 saturated carbocycles. The Balaban J connectivity index is 1.84. The fraction of sp³-hybridized carbons (Fsp3) is 0.0435. The van der Waals surface area contributed by atoms with Crippen molar-refractivity contribution in [3.63, 3.8) is 0 Å². The zero-order chi connectivity index (χ0) is 17.9. The minimum Gasteiger partial charge on any atom is -0.256 e. The first kappa shape index (κ1) is 16.7. The first-order chi connectivity index (χ1) is 12.7. The van der Waals surface area contributed by atoms with Gasteiger partial charge in [-0.15, -0.1) is 0 Å². The summed E-state index contributed by atoms with van der Waals surface area (Å²) in [6.45, 7) is 2.14. The van der Waals surface area contributed by atoms with Gasteiger partial charge in [0.25, 0.3) is 0 Å². The summed E-state index contributed by atoms with van der Waals surface area (Å²) >= 11 is 3.66. The molecule has 3 heteroatoms. The fourth-order valence-electron chi connectivity index (χ4n) is 3.05. The van der Waals surface area contributed by atoms with E-state index in [-0.39, 0.29) is 0 Å². The molecule has 0 aliphatic carbocycles. The van der Waals surface area contributed by atoms with Crippen molar-refractivity contribution in [3.05, 3.63) is 95.2 Å². The van der Waals surface area contributed by atoms with Crippen molar-refractivity contribution in [1.82, 2.24) is 9.97 Å². The molecule has 0 amide bonds. The van der Waals surface area contributed by atoms with Crippen molar-refractivity contribution in [2.45, 2.75) is 6.92 Å². The largest absolute Gasteiger partial charge is 0.256 e. The van der Waals surface area contributed by atoms with Gasteiger partial charge in [-0.05, 0) is 72.1 Å². The van der Waals surface area contributed by atoms with Crippen LogP contribution in [0.15, 0.2) is 89.7 Å². The van der Waals surface area contributed by atoms with E-state index in [1.54, 1.807) is 0 Å². The summed E-state index contributed by atoms with van der Waals surface area (Å²) in [6, 6.07) is 24.9. The van der Waals surface area contributed by atoms with Gasteiger partial charge in [-0.3, -0.25) is 9.97 Å². The Kier molecular flexibility index (Phi) is 4.63. The molecule has 0 atom stereocenters. The number of nitrogens with zero attached hydrogens (tertiary/aromatic N) is 2. The summed E-state index contributed by atoms with van der Waals surface area (Å²) < 4.78 is 1.04. The second-order valence-electron chi connectivity index (χ2n) is 6.19. The molecule has 0 N–H and O–H groups in total. The summed E-state index contributed by atoms with van der Waals surface area (Å²) in [4.78, 5) is 8.96. The summed E-state index contributed by atoms with van der Waals surface area (Å²) in [5.74, 6) is 0. The van der Waals surface area contributed by atoms with E-state index < -0.39 is 0 Å². The highest BCUT2D eigenvalue weighted by molar-refractivity contribution is 9.10. The van der Waals surface area contributed by atoms with Crippen molar-refractivity contribution in [1.29, 1.82) is 0 Å². The van der Waals surface area contributed by atoms with Gasteiger partial charge >= 0.3 is 0 Å². The molecule has 0 radical (unpaired) electrons. The highest BCUT2D eigenvalue weighted by Crippen LogP contribution is 2.33. The SMILES string of the molecule is Cc1ccc(-c2ccccn2)cc1-c1cc(Br)cc(-c2ccccn2)c1. The van der Waals surface area contributed by atoms with E-state index in [4.69, 9.17) is 0 Å². The van der Waals surface area contributed by atoms with Gasteiger partial charge in [-0.25, -0.2) is 0 Å². The molecule has 4 rings (SSSR count). The van der Waals surface area contributed by atoms with Crippen LogP contribution in [0, 0.1) is 6.92 Å². The van der Waals surface area contributed by atoms with Crippen LogP contribution in [-0.4, -0.2) is 9.97 Å². The van der Waals surface area contributed by atoms with Gasteiger partial charge in [0.1, 0.15) is 0 Å². The van der Waals surface area contributed by atoms with E-state index in [0.29, 0.717) is 0 Å². The molecular formula is C23H17BrN2. The van der Waals surface area contributed by atoms with Crippen LogP contribution >= 0.6 is 15.9 Å². The van der Waals surface area contributed by atoms with Crippen molar-refractivity contribution < 1.29 is 0 Å². The van der Waals surface area contributed by atoms with Gasteiger partial charge in [0.2, 0.25) is 0 Å². The lowest BCUT2D eigenvalue weighted by atomic mass is 9.95. The Morgan fingerprint density at radius 3 is 1.96 bits per heavy atom. The average molecular weight is 401 g/mol. The number of pyridine rings is 2. The zero-order valence-corrected chi connectivity index (χ0v) is 15.9. The molecule has 2 heterocycles. The molecule has 2 aromatic heterocycles. The van der Waals surface area contributed by atoms with Crippen molar-refractivity contribution >= 4 is 15.9 Å². The van der Waals surface area contributed by atoms with Gasteiger partial charge < -0.3 is 0 Å². The fourth-order valence-corrected chi connectivity index (χ4v) is 3.55. The number of aromatic nitrogens is 2. The monoisotopic (exact) mass is 400 g/mol. The van der Waals surface area contributed by atoms with Crippen LogP contribution in [0.3, 0.4) is 0 Å². The van der Waals surface area contributed by atoms with Crippen molar-refractivity contribution in [2.75, 3.05) is 0 Å². The third-order valence-electron chi connectivity index (χ3n) is 4.37. The molecule has 0 bridgehead atoms. The van der Waals surface area contributed by atoms with E-state index in [1.165, 1.54) is 11.1 Å². The number of rotatable bonds is 3. The molecule has 0 spiro atoms. The Bertz CT molecular complexity index is 1040. The maximum Gasteiger partial charge on any atom is 0.0702 e. The third kappa shape index (κ3) is 3.44. The van der Waals surface area contributed by atoms with Gasteiger partial charge in [0.05, 0.1) is 11.4 Å². The lowest BCUT2D eigenvalue weighted by Crippen LogP contribution is -1.89. The van der Waals surface area contributed by atoms with Gasteiger partial charge in [0.15, 0.2) is 0 Å². The highest BCUT2D eigenvalue weighted by atomic mass is 79.9. The highest BCUT2D eigenvalue weighted by Gasteiger charge is 2.09. The first-order valence-electron chi connectivity index (χ1n) is 8.45. The minimum absolute atomic E-state index is 0.966. The average Bonchev–Trinajstić information content (AvgIpc) is 2.69. The number of hydrogen-bond acceptors (Lipinski definition) is 2. The molecule has 0 aliphatic heterocycles. The minimum atomic E-state index is 0.966. The molecule has 0 saturated heterocycles. The van der Waals surface area contributed by atoms with Crippen LogP contribution in [0.5, 0.6) is 0 Å². The Morgan fingerprint density at radius 1 is 0.654 bits per heavy atom. The zero-order valence-electron chi connectivity index (χ0n) is 14.4. The molecular weight excluding hydrogens is 384 g/mol. The van der Waals surface area contributed by atoms with E-state index >= 15 is 0 Å². The Hall–Kier alpha value is -2.78. The number of benzene rings is 2.